The Kier molecular flexibility index (Phi) is 3.05. The van der Waals surface area contributed by atoms with Crippen molar-refractivity contribution in [2.45, 2.75) is 6.18 Å². The van der Waals surface area contributed by atoms with Crippen LogP contribution < -0.4 is 4.74 Å². The molecule has 0 bridgehead atoms. The highest BCUT2D eigenvalue weighted by Crippen LogP contribution is 2.35. The van der Waals surface area contributed by atoms with E-state index < -0.39 is 17.5 Å². The smallest absolute Gasteiger partial charge is 0.416 e. The Labute approximate surface area is 118 Å². The summed E-state index contributed by atoms with van der Waals surface area (Å²) in [5, 5.41) is 0. The maximum Gasteiger partial charge on any atom is 0.416 e. The zero-order valence-corrected chi connectivity index (χ0v) is 10.6. The third-order valence-corrected chi connectivity index (χ3v) is 3.13. The third kappa shape index (κ3) is 2.42. The number of hydrogen-bond acceptors (Lipinski definition) is 2. The fourth-order valence-corrected chi connectivity index (χ4v) is 2.16. The van der Waals surface area contributed by atoms with E-state index in [1.54, 1.807) is 24.3 Å². The van der Waals surface area contributed by atoms with E-state index in [0.717, 1.165) is 12.1 Å². The second-order valence-corrected chi connectivity index (χ2v) is 4.52. The summed E-state index contributed by atoms with van der Waals surface area (Å²) >= 11 is 0. The van der Waals surface area contributed by atoms with Gasteiger partial charge in [0, 0.05) is 0 Å². The molecule has 1 aliphatic heterocycles. The molecule has 106 valence electrons. The number of ketones is 1. The molecule has 1 heterocycles. The van der Waals surface area contributed by atoms with E-state index in [-0.39, 0.29) is 11.3 Å². The molecule has 2 aromatic carbocycles. The normalized spacial score (nSPS) is 16.0. The summed E-state index contributed by atoms with van der Waals surface area (Å²) in [7, 11) is 0. The fraction of sp³-hybridized carbons (Fsp3) is 0.0625. The number of fused-ring (bicyclic) bond motifs is 1. The molecule has 5 heteroatoms. The zero-order chi connectivity index (χ0) is 15.0. The molecule has 21 heavy (non-hydrogen) atoms. The molecule has 2 aromatic rings. The molecular formula is C16H9F3O2. The molecule has 0 saturated heterocycles. The number of ether oxygens (including phenoxy) is 1. The first-order chi connectivity index (χ1) is 9.97. The highest BCUT2D eigenvalue weighted by Gasteiger charge is 2.33. The van der Waals surface area contributed by atoms with Gasteiger partial charge < -0.3 is 4.74 Å². The number of rotatable bonds is 1. The lowest BCUT2D eigenvalue weighted by Gasteiger charge is -2.10. The summed E-state index contributed by atoms with van der Waals surface area (Å²) in [6.45, 7) is 0. The lowest BCUT2D eigenvalue weighted by atomic mass is 10.0. The van der Waals surface area contributed by atoms with Crippen molar-refractivity contribution in [3.8, 4) is 5.75 Å². The van der Waals surface area contributed by atoms with E-state index in [0.29, 0.717) is 11.3 Å². The largest absolute Gasteiger partial charge is 0.452 e. The Bertz CT molecular complexity index is 745. The van der Waals surface area contributed by atoms with Crippen LogP contribution in [0.25, 0.3) is 6.08 Å². The van der Waals surface area contributed by atoms with Crippen LogP contribution in [-0.4, -0.2) is 5.78 Å². The Hall–Kier alpha value is -2.56. The van der Waals surface area contributed by atoms with Gasteiger partial charge in [0.25, 0.3) is 0 Å². The molecule has 0 saturated carbocycles. The molecule has 1 aliphatic rings. The first-order valence-electron chi connectivity index (χ1n) is 6.16. The average Bonchev–Trinajstić information content (AvgIpc) is 2.76. The van der Waals surface area contributed by atoms with Gasteiger partial charge in [-0.25, -0.2) is 0 Å². The number of para-hydroxylation sites is 1. The molecule has 2 nitrogen and oxygen atoms in total. The van der Waals surface area contributed by atoms with Crippen LogP contribution in [-0.2, 0) is 6.18 Å². The van der Waals surface area contributed by atoms with Crippen LogP contribution in [0, 0.1) is 0 Å². The molecule has 0 aliphatic carbocycles. The molecule has 0 unspecified atom stereocenters. The molecule has 0 spiro atoms. The summed E-state index contributed by atoms with van der Waals surface area (Å²) in [5.41, 5.74) is -0.542. The maximum atomic E-state index is 12.9. The Morgan fingerprint density at radius 1 is 0.952 bits per heavy atom. The van der Waals surface area contributed by atoms with Crippen LogP contribution in [0.4, 0.5) is 13.2 Å². The van der Waals surface area contributed by atoms with Crippen molar-refractivity contribution in [3.63, 3.8) is 0 Å². The van der Waals surface area contributed by atoms with E-state index in [2.05, 4.69) is 0 Å². The van der Waals surface area contributed by atoms with Crippen molar-refractivity contribution in [3.05, 3.63) is 71.0 Å². The van der Waals surface area contributed by atoms with E-state index in [9.17, 15) is 18.0 Å². The van der Waals surface area contributed by atoms with Gasteiger partial charge in [-0.1, -0.05) is 30.3 Å². The molecule has 0 N–H and O–H groups in total. The van der Waals surface area contributed by atoms with Crippen molar-refractivity contribution in [1.82, 2.24) is 0 Å². The minimum atomic E-state index is -4.48. The Balaban J connectivity index is 2.04. The van der Waals surface area contributed by atoms with Gasteiger partial charge in [-0.3, -0.25) is 4.79 Å². The van der Waals surface area contributed by atoms with Crippen LogP contribution in [0.1, 0.15) is 21.5 Å². The highest BCUT2D eigenvalue weighted by molar-refractivity contribution is 6.14. The number of carbonyl (C=O) groups is 1. The van der Waals surface area contributed by atoms with Gasteiger partial charge in [0.05, 0.1) is 11.1 Å². The molecular weight excluding hydrogens is 281 g/mol. The SMILES string of the molecule is O=C1/C(=C/c2ccccc2C(F)(F)F)Oc2ccccc21. The van der Waals surface area contributed by atoms with Gasteiger partial charge in [0.1, 0.15) is 5.75 Å². The van der Waals surface area contributed by atoms with Gasteiger partial charge >= 0.3 is 6.18 Å². The minimum absolute atomic E-state index is 0.0962. The number of halogens is 3. The number of Topliss-reactive ketones (excluding diaryl/α,β-unsaturated/α-hetero) is 1. The predicted molar refractivity (Wildman–Crippen MR) is 70.8 cm³/mol. The second-order valence-electron chi connectivity index (χ2n) is 4.52. The Morgan fingerprint density at radius 3 is 2.33 bits per heavy atom. The molecule has 0 atom stereocenters. The number of allylic oxidation sites excluding steroid dienone is 1. The van der Waals surface area contributed by atoms with Crippen LogP contribution in [0.2, 0.25) is 0 Å². The topological polar surface area (TPSA) is 26.3 Å². The molecule has 0 fully saturated rings. The first-order valence-corrected chi connectivity index (χ1v) is 6.16. The summed E-state index contributed by atoms with van der Waals surface area (Å²) in [6.07, 6.45) is -3.35. The van der Waals surface area contributed by atoms with Crippen molar-refractivity contribution >= 4 is 11.9 Å². The van der Waals surface area contributed by atoms with Gasteiger partial charge in [0.15, 0.2) is 5.76 Å². The maximum absolute atomic E-state index is 12.9. The lowest BCUT2D eigenvalue weighted by Crippen LogP contribution is -2.08. The van der Waals surface area contributed by atoms with Crippen LogP contribution >= 0.6 is 0 Å². The first kappa shape index (κ1) is 13.4. The minimum Gasteiger partial charge on any atom is -0.452 e. The van der Waals surface area contributed by atoms with Crippen molar-refractivity contribution in [1.29, 1.82) is 0 Å². The monoisotopic (exact) mass is 290 g/mol. The average molecular weight is 290 g/mol. The number of carbonyl (C=O) groups excluding carboxylic acids is 1. The molecule has 0 radical (unpaired) electrons. The van der Waals surface area contributed by atoms with Crippen molar-refractivity contribution in [2.75, 3.05) is 0 Å². The van der Waals surface area contributed by atoms with Crippen molar-refractivity contribution in [2.24, 2.45) is 0 Å². The van der Waals surface area contributed by atoms with Gasteiger partial charge in [-0.2, -0.15) is 13.2 Å². The number of benzene rings is 2. The summed E-state index contributed by atoms with van der Waals surface area (Å²) in [6, 6.07) is 11.6. The van der Waals surface area contributed by atoms with Crippen LogP contribution in [0.5, 0.6) is 5.75 Å². The number of alkyl halides is 3. The molecule has 3 rings (SSSR count). The van der Waals surface area contributed by atoms with Crippen LogP contribution in [0.15, 0.2) is 54.3 Å². The quantitative estimate of drug-likeness (QED) is 0.731. The van der Waals surface area contributed by atoms with Gasteiger partial charge in [-0.15, -0.1) is 0 Å². The third-order valence-electron chi connectivity index (χ3n) is 3.13. The van der Waals surface area contributed by atoms with Gasteiger partial charge in [0.2, 0.25) is 5.78 Å². The molecule has 0 aromatic heterocycles. The highest BCUT2D eigenvalue weighted by atomic mass is 19.4. The zero-order valence-electron chi connectivity index (χ0n) is 10.6. The number of hydrogen-bond donors (Lipinski definition) is 0. The van der Waals surface area contributed by atoms with E-state index in [4.69, 9.17) is 4.74 Å². The summed E-state index contributed by atoms with van der Waals surface area (Å²) in [5.74, 6) is -0.159. The standard InChI is InChI=1S/C16H9F3O2/c17-16(18,19)12-7-3-1-5-10(12)9-14-15(20)11-6-2-4-8-13(11)21-14/h1-9H/b14-9-. The van der Waals surface area contributed by atoms with E-state index >= 15 is 0 Å². The van der Waals surface area contributed by atoms with Crippen LogP contribution in [0.3, 0.4) is 0 Å². The van der Waals surface area contributed by atoms with E-state index in [1.165, 1.54) is 18.2 Å². The lowest BCUT2D eigenvalue weighted by molar-refractivity contribution is -0.137. The predicted octanol–water partition coefficient (Wildman–Crippen LogP) is 4.32. The fourth-order valence-electron chi connectivity index (χ4n) is 2.16. The summed E-state index contributed by atoms with van der Waals surface area (Å²) in [4.78, 5) is 12.1. The second kappa shape index (κ2) is 4.77. The van der Waals surface area contributed by atoms with Gasteiger partial charge in [-0.05, 0) is 29.8 Å². The Morgan fingerprint density at radius 2 is 1.62 bits per heavy atom. The summed E-state index contributed by atoms with van der Waals surface area (Å²) < 4.78 is 44.1. The molecule has 0 amide bonds. The van der Waals surface area contributed by atoms with E-state index in [1.807, 2.05) is 0 Å². The van der Waals surface area contributed by atoms with Crippen molar-refractivity contribution < 1.29 is 22.7 Å².